The largest absolute Gasteiger partial charge is 0.363 e. The van der Waals surface area contributed by atoms with Gasteiger partial charge in [0.25, 0.3) is 5.91 Å². The maximum Gasteiger partial charge on any atom is 0.251 e. The molecule has 0 radical (unpaired) electrons. The zero-order chi connectivity index (χ0) is 20.1. The molecule has 0 unspecified atom stereocenters. The average molecular weight is 385 g/mol. The number of hydrogen-bond acceptors (Lipinski definition) is 5. The number of aryl methyl sites for hydroxylation is 1. The number of carbonyl (C=O) groups excluding carboxylic acids is 1. The van der Waals surface area contributed by atoms with Gasteiger partial charge in [-0.2, -0.15) is 4.98 Å². The van der Waals surface area contributed by atoms with Crippen molar-refractivity contribution < 1.29 is 9.18 Å². The summed E-state index contributed by atoms with van der Waals surface area (Å²) in [6.07, 6.45) is 5.88. The van der Waals surface area contributed by atoms with Crippen LogP contribution in [0.25, 0.3) is 0 Å². The van der Waals surface area contributed by atoms with Crippen LogP contribution in [0.4, 0.5) is 16.2 Å². The number of nitrogens with zero attached hydrogens (tertiary/aromatic N) is 3. The lowest BCUT2D eigenvalue weighted by Crippen LogP contribution is -2.34. The third-order valence-electron chi connectivity index (χ3n) is 5.25. The fourth-order valence-electron chi connectivity index (χ4n) is 3.49. The monoisotopic (exact) mass is 385 g/mol. The summed E-state index contributed by atoms with van der Waals surface area (Å²) in [7, 11) is 3.91. The van der Waals surface area contributed by atoms with Crippen LogP contribution >= 0.6 is 0 Å². The van der Waals surface area contributed by atoms with Crippen LogP contribution in [-0.4, -0.2) is 42.6 Å². The molecule has 28 heavy (non-hydrogen) atoms. The number of amides is 1. The van der Waals surface area contributed by atoms with Gasteiger partial charge in [-0.25, -0.2) is 9.37 Å². The predicted molar refractivity (Wildman–Crippen MR) is 109 cm³/mol. The molecule has 1 fully saturated rings. The molecule has 1 aliphatic rings. The lowest BCUT2D eigenvalue weighted by Gasteiger charge is -2.29. The highest BCUT2D eigenvalue weighted by molar-refractivity contribution is 5.94. The molecule has 150 valence electrons. The van der Waals surface area contributed by atoms with E-state index in [1.165, 1.54) is 12.1 Å². The minimum absolute atomic E-state index is 0.141. The summed E-state index contributed by atoms with van der Waals surface area (Å²) in [5.41, 5.74) is 0.993. The molecule has 6 nitrogen and oxygen atoms in total. The molecule has 1 aliphatic carbocycles. The number of hydrogen-bond donors (Lipinski definition) is 2. The van der Waals surface area contributed by atoms with Gasteiger partial charge in [0, 0.05) is 38.4 Å². The second-order valence-corrected chi connectivity index (χ2v) is 7.67. The van der Waals surface area contributed by atoms with Crippen LogP contribution in [-0.2, 0) is 0 Å². The molecular formula is C21H28FN5O. The summed E-state index contributed by atoms with van der Waals surface area (Å²) in [5.74, 6) is 1.57. The van der Waals surface area contributed by atoms with Crippen LogP contribution in [0.1, 0.15) is 41.6 Å². The SMILES string of the molecule is Cc1cc(C(=O)NCC2CCC(Nc3nccc(N(C)C)n3)CC2)ccc1F. The van der Waals surface area contributed by atoms with E-state index in [1.807, 2.05) is 25.1 Å². The summed E-state index contributed by atoms with van der Waals surface area (Å²) in [6, 6.07) is 6.69. The number of nitrogens with one attached hydrogen (secondary N) is 2. The first kappa shape index (κ1) is 20.0. The topological polar surface area (TPSA) is 70.2 Å². The van der Waals surface area contributed by atoms with Crippen LogP contribution in [0.3, 0.4) is 0 Å². The van der Waals surface area contributed by atoms with E-state index in [1.54, 1.807) is 19.2 Å². The van der Waals surface area contributed by atoms with E-state index < -0.39 is 0 Å². The van der Waals surface area contributed by atoms with Crippen molar-refractivity contribution in [1.29, 1.82) is 0 Å². The maximum atomic E-state index is 13.3. The van der Waals surface area contributed by atoms with Crippen molar-refractivity contribution in [3.8, 4) is 0 Å². The lowest BCUT2D eigenvalue weighted by atomic mass is 9.86. The van der Waals surface area contributed by atoms with Crippen molar-refractivity contribution in [2.75, 3.05) is 30.9 Å². The van der Waals surface area contributed by atoms with Crippen molar-refractivity contribution in [3.05, 3.63) is 47.4 Å². The van der Waals surface area contributed by atoms with Gasteiger partial charge in [-0.3, -0.25) is 4.79 Å². The van der Waals surface area contributed by atoms with Crippen LogP contribution in [0.2, 0.25) is 0 Å². The smallest absolute Gasteiger partial charge is 0.251 e. The van der Waals surface area contributed by atoms with Crippen LogP contribution in [0.15, 0.2) is 30.5 Å². The van der Waals surface area contributed by atoms with Gasteiger partial charge in [-0.15, -0.1) is 0 Å². The first-order valence-corrected chi connectivity index (χ1v) is 9.73. The zero-order valence-electron chi connectivity index (χ0n) is 16.7. The summed E-state index contributed by atoms with van der Waals surface area (Å²) in [5, 5.41) is 6.41. The Labute approximate surface area is 165 Å². The summed E-state index contributed by atoms with van der Waals surface area (Å²) in [4.78, 5) is 23.1. The highest BCUT2D eigenvalue weighted by atomic mass is 19.1. The average Bonchev–Trinajstić information content (AvgIpc) is 2.69. The molecule has 0 bridgehead atoms. The zero-order valence-corrected chi connectivity index (χ0v) is 16.7. The number of aromatic nitrogens is 2. The fourth-order valence-corrected chi connectivity index (χ4v) is 3.49. The molecule has 1 heterocycles. The Morgan fingerprint density at radius 3 is 2.64 bits per heavy atom. The van der Waals surface area contributed by atoms with Gasteiger partial charge in [-0.1, -0.05) is 0 Å². The minimum atomic E-state index is -0.289. The Bertz CT molecular complexity index is 818. The predicted octanol–water partition coefficient (Wildman–Crippen LogP) is 3.39. The molecule has 1 aromatic heterocycles. The van der Waals surface area contributed by atoms with E-state index in [-0.39, 0.29) is 11.7 Å². The first-order valence-electron chi connectivity index (χ1n) is 9.73. The number of carbonyl (C=O) groups is 1. The lowest BCUT2D eigenvalue weighted by molar-refractivity contribution is 0.0943. The van der Waals surface area contributed by atoms with Crippen molar-refractivity contribution in [2.45, 2.75) is 38.6 Å². The quantitative estimate of drug-likeness (QED) is 0.798. The Kier molecular flexibility index (Phi) is 6.44. The molecule has 1 aromatic carbocycles. The minimum Gasteiger partial charge on any atom is -0.363 e. The van der Waals surface area contributed by atoms with Gasteiger partial charge in [0.2, 0.25) is 5.95 Å². The van der Waals surface area contributed by atoms with Gasteiger partial charge >= 0.3 is 0 Å². The van der Waals surface area contributed by atoms with Gasteiger partial charge in [0.1, 0.15) is 11.6 Å². The summed E-state index contributed by atoms with van der Waals surface area (Å²) < 4.78 is 13.3. The van der Waals surface area contributed by atoms with Gasteiger partial charge in [-0.05, 0) is 68.4 Å². The molecule has 1 saturated carbocycles. The standard InChI is InChI=1S/C21H28FN5O/c1-14-12-16(6-9-18(14)22)20(28)24-13-15-4-7-17(8-5-15)25-21-23-11-10-19(26-21)27(2)3/h6,9-12,15,17H,4-5,7-8,13H2,1-3H3,(H,24,28)(H,23,25,26). The van der Waals surface area contributed by atoms with E-state index in [9.17, 15) is 9.18 Å². The maximum absolute atomic E-state index is 13.3. The van der Waals surface area contributed by atoms with E-state index >= 15 is 0 Å². The second-order valence-electron chi connectivity index (χ2n) is 7.67. The third-order valence-corrected chi connectivity index (χ3v) is 5.25. The van der Waals surface area contributed by atoms with Crippen molar-refractivity contribution in [3.63, 3.8) is 0 Å². The molecular weight excluding hydrogens is 357 g/mol. The van der Waals surface area contributed by atoms with E-state index in [2.05, 4.69) is 20.6 Å². The molecule has 0 saturated heterocycles. The molecule has 1 amide bonds. The number of rotatable bonds is 6. The molecule has 2 aromatic rings. The highest BCUT2D eigenvalue weighted by Crippen LogP contribution is 2.26. The van der Waals surface area contributed by atoms with Crippen LogP contribution in [0, 0.1) is 18.7 Å². The normalized spacial score (nSPS) is 19.1. The van der Waals surface area contributed by atoms with Crippen LogP contribution in [0.5, 0.6) is 0 Å². The van der Waals surface area contributed by atoms with Crippen molar-refractivity contribution >= 4 is 17.7 Å². The van der Waals surface area contributed by atoms with E-state index in [0.29, 0.717) is 35.6 Å². The molecule has 0 aliphatic heterocycles. The fraction of sp³-hybridized carbons (Fsp3) is 0.476. The molecule has 2 N–H and O–H groups in total. The molecule has 0 atom stereocenters. The van der Waals surface area contributed by atoms with Gasteiger partial charge < -0.3 is 15.5 Å². The number of anilines is 2. The van der Waals surface area contributed by atoms with E-state index in [4.69, 9.17) is 0 Å². The summed E-state index contributed by atoms with van der Waals surface area (Å²) >= 11 is 0. The van der Waals surface area contributed by atoms with E-state index in [0.717, 1.165) is 31.5 Å². The van der Waals surface area contributed by atoms with Crippen molar-refractivity contribution in [2.24, 2.45) is 5.92 Å². The van der Waals surface area contributed by atoms with Crippen molar-refractivity contribution in [1.82, 2.24) is 15.3 Å². The molecule has 3 rings (SSSR count). The summed E-state index contributed by atoms with van der Waals surface area (Å²) in [6.45, 7) is 2.31. The Hall–Kier alpha value is -2.70. The Morgan fingerprint density at radius 2 is 1.96 bits per heavy atom. The number of halogens is 1. The Balaban J connectivity index is 1.44. The Morgan fingerprint density at radius 1 is 1.21 bits per heavy atom. The van der Waals surface area contributed by atoms with Gasteiger partial charge in [0.15, 0.2) is 0 Å². The first-order chi connectivity index (χ1) is 13.4. The van der Waals surface area contributed by atoms with Gasteiger partial charge in [0.05, 0.1) is 0 Å². The number of benzene rings is 1. The van der Waals surface area contributed by atoms with Crippen LogP contribution < -0.4 is 15.5 Å². The third kappa shape index (κ3) is 5.18. The molecule has 7 heteroatoms. The highest BCUT2D eigenvalue weighted by Gasteiger charge is 2.22. The second kappa shape index (κ2) is 8.99. The molecule has 0 spiro atoms.